The highest BCUT2D eigenvalue weighted by molar-refractivity contribution is 9.09. The van der Waals surface area contributed by atoms with Crippen LogP contribution in [0.4, 0.5) is 0 Å². The van der Waals surface area contributed by atoms with Gasteiger partial charge in [0, 0.05) is 11.9 Å². The number of nitrogens with zero attached hydrogens (tertiary/aromatic N) is 2. The number of halogens is 2. The molecular formula is C14H24BrClN2. The van der Waals surface area contributed by atoms with Crippen molar-refractivity contribution in [2.75, 3.05) is 5.33 Å². The van der Waals surface area contributed by atoms with Gasteiger partial charge in [0.05, 0.1) is 16.4 Å². The Kier molecular flexibility index (Phi) is 6.19. The molecule has 0 amide bonds. The number of rotatable bonds is 7. The van der Waals surface area contributed by atoms with E-state index in [2.05, 4.69) is 53.4 Å². The quantitative estimate of drug-likeness (QED) is 0.650. The van der Waals surface area contributed by atoms with Crippen molar-refractivity contribution >= 4 is 27.5 Å². The minimum atomic E-state index is 0.260. The van der Waals surface area contributed by atoms with Gasteiger partial charge in [0.25, 0.3) is 0 Å². The second-order valence-electron chi connectivity index (χ2n) is 5.25. The van der Waals surface area contributed by atoms with Crippen LogP contribution in [0.1, 0.15) is 51.9 Å². The molecule has 0 N–H and O–H groups in total. The van der Waals surface area contributed by atoms with E-state index in [1.807, 2.05) is 0 Å². The maximum absolute atomic E-state index is 6.47. The highest BCUT2D eigenvalue weighted by Gasteiger charge is 2.27. The largest absolute Gasteiger partial charge is 0.268 e. The smallest absolute Gasteiger partial charge is 0.0850 e. The van der Waals surface area contributed by atoms with Gasteiger partial charge in [0.1, 0.15) is 0 Å². The van der Waals surface area contributed by atoms with Crippen LogP contribution in [0.15, 0.2) is 0 Å². The number of hydrogen-bond acceptors (Lipinski definition) is 1. The van der Waals surface area contributed by atoms with Crippen LogP contribution < -0.4 is 0 Å². The molecular weight excluding hydrogens is 312 g/mol. The lowest BCUT2D eigenvalue weighted by molar-refractivity contribution is 0.330. The molecule has 0 saturated heterocycles. The third kappa shape index (κ3) is 3.51. The Hall–Kier alpha value is -0.0200. The standard InChI is InChI=1S/C14H24BrClN2/c1-5-8-14(4,10-15)9-12-13(16)11(6-2)17-18(12)7-3/h5-10H2,1-4H3. The molecule has 104 valence electrons. The van der Waals surface area contributed by atoms with Crippen LogP contribution in [0.3, 0.4) is 0 Å². The van der Waals surface area contributed by atoms with E-state index < -0.39 is 0 Å². The van der Waals surface area contributed by atoms with Gasteiger partial charge >= 0.3 is 0 Å². The van der Waals surface area contributed by atoms with E-state index >= 15 is 0 Å². The fourth-order valence-corrected chi connectivity index (χ4v) is 3.21. The zero-order valence-corrected chi connectivity index (χ0v) is 14.2. The average Bonchev–Trinajstić information content (AvgIpc) is 2.66. The summed E-state index contributed by atoms with van der Waals surface area (Å²) in [6.45, 7) is 9.67. The Labute approximate surface area is 124 Å². The maximum atomic E-state index is 6.47. The molecule has 0 aliphatic heterocycles. The van der Waals surface area contributed by atoms with Gasteiger partial charge in [-0.25, -0.2) is 0 Å². The molecule has 1 heterocycles. The van der Waals surface area contributed by atoms with Crippen LogP contribution in [-0.2, 0) is 19.4 Å². The van der Waals surface area contributed by atoms with Gasteiger partial charge in [-0.1, -0.05) is 54.7 Å². The SMILES string of the molecule is CCCC(C)(CBr)Cc1c(Cl)c(CC)nn1CC. The zero-order valence-electron chi connectivity index (χ0n) is 11.9. The molecule has 1 aromatic rings. The van der Waals surface area contributed by atoms with E-state index in [9.17, 15) is 0 Å². The fraction of sp³-hybridized carbons (Fsp3) is 0.786. The first-order valence-electron chi connectivity index (χ1n) is 6.81. The van der Waals surface area contributed by atoms with Crippen LogP contribution >= 0.6 is 27.5 Å². The molecule has 1 aromatic heterocycles. The minimum absolute atomic E-state index is 0.260. The van der Waals surface area contributed by atoms with Crippen LogP contribution in [0, 0.1) is 5.41 Å². The number of hydrogen-bond donors (Lipinski definition) is 0. The molecule has 0 bridgehead atoms. The summed E-state index contributed by atoms with van der Waals surface area (Å²) >= 11 is 10.1. The molecule has 1 atom stereocenters. The van der Waals surface area contributed by atoms with Crippen molar-refractivity contribution in [1.29, 1.82) is 0 Å². The fourth-order valence-electron chi connectivity index (χ4n) is 2.40. The molecule has 0 fully saturated rings. The molecule has 0 aliphatic carbocycles. The predicted molar refractivity (Wildman–Crippen MR) is 82.8 cm³/mol. The average molecular weight is 336 g/mol. The second kappa shape index (κ2) is 6.95. The Morgan fingerprint density at radius 3 is 2.44 bits per heavy atom. The summed E-state index contributed by atoms with van der Waals surface area (Å²) in [6, 6.07) is 0. The molecule has 18 heavy (non-hydrogen) atoms. The summed E-state index contributed by atoms with van der Waals surface area (Å²) in [5.41, 5.74) is 2.49. The van der Waals surface area contributed by atoms with E-state index in [-0.39, 0.29) is 5.41 Å². The molecule has 0 aliphatic rings. The van der Waals surface area contributed by atoms with Gasteiger partial charge in [-0.3, -0.25) is 4.68 Å². The van der Waals surface area contributed by atoms with Crippen LogP contribution in [0.2, 0.25) is 5.02 Å². The summed E-state index contributed by atoms with van der Waals surface area (Å²) in [6.07, 6.45) is 4.29. The second-order valence-corrected chi connectivity index (χ2v) is 6.19. The van der Waals surface area contributed by atoms with Gasteiger partial charge in [-0.15, -0.1) is 0 Å². The number of aromatic nitrogens is 2. The van der Waals surface area contributed by atoms with Crippen molar-refractivity contribution in [1.82, 2.24) is 9.78 Å². The summed E-state index contributed by atoms with van der Waals surface area (Å²) in [4.78, 5) is 0. The normalized spacial score (nSPS) is 14.8. The lowest BCUT2D eigenvalue weighted by atomic mass is 9.83. The highest BCUT2D eigenvalue weighted by atomic mass is 79.9. The minimum Gasteiger partial charge on any atom is -0.268 e. The third-order valence-electron chi connectivity index (χ3n) is 3.46. The molecule has 0 spiro atoms. The Balaban J connectivity index is 3.05. The molecule has 0 aromatic carbocycles. The molecule has 1 unspecified atom stereocenters. The van der Waals surface area contributed by atoms with Crippen molar-refractivity contribution in [3.05, 3.63) is 16.4 Å². The number of alkyl halides is 1. The van der Waals surface area contributed by atoms with Crippen molar-refractivity contribution in [3.8, 4) is 0 Å². The topological polar surface area (TPSA) is 17.8 Å². The van der Waals surface area contributed by atoms with Gasteiger partial charge in [-0.05, 0) is 31.6 Å². The highest BCUT2D eigenvalue weighted by Crippen LogP contribution is 2.34. The molecule has 0 radical (unpaired) electrons. The van der Waals surface area contributed by atoms with Crippen molar-refractivity contribution in [2.24, 2.45) is 5.41 Å². The first kappa shape index (κ1) is 16.0. The van der Waals surface area contributed by atoms with E-state index in [4.69, 9.17) is 11.6 Å². The maximum Gasteiger partial charge on any atom is 0.0850 e. The van der Waals surface area contributed by atoms with Gasteiger partial charge in [0.15, 0.2) is 0 Å². The van der Waals surface area contributed by atoms with E-state index in [1.54, 1.807) is 0 Å². The molecule has 0 saturated carbocycles. The number of aryl methyl sites for hydroxylation is 2. The first-order valence-corrected chi connectivity index (χ1v) is 8.31. The van der Waals surface area contributed by atoms with Crippen molar-refractivity contribution < 1.29 is 0 Å². The van der Waals surface area contributed by atoms with Gasteiger partial charge in [-0.2, -0.15) is 5.10 Å². The van der Waals surface area contributed by atoms with Gasteiger partial charge < -0.3 is 0 Å². The van der Waals surface area contributed by atoms with E-state index in [0.717, 1.165) is 35.4 Å². The van der Waals surface area contributed by atoms with Crippen molar-refractivity contribution in [2.45, 2.75) is 59.9 Å². The summed E-state index contributed by atoms with van der Waals surface area (Å²) in [7, 11) is 0. The first-order chi connectivity index (χ1) is 8.51. The van der Waals surface area contributed by atoms with E-state index in [1.165, 1.54) is 18.5 Å². The van der Waals surface area contributed by atoms with E-state index in [0.29, 0.717) is 0 Å². The Bertz CT molecular complexity index is 389. The molecule has 4 heteroatoms. The Morgan fingerprint density at radius 1 is 1.33 bits per heavy atom. The van der Waals surface area contributed by atoms with Crippen LogP contribution in [0.5, 0.6) is 0 Å². The predicted octanol–water partition coefficient (Wildman–Crippen LogP) is 4.86. The molecule has 1 rings (SSSR count). The lowest BCUT2D eigenvalue weighted by Crippen LogP contribution is -2.23. The van der Waals surface area contributed by atoms with Gasteiger partial charge in [0.2, 0.25) is 0 Å². The molecule has 2 nitrogen and oxygen atoms in total. The lowest BCUT2D eigenvalue weighted by Gasteiger charge is -2.27. The monoisotopic (exact) mass is 334 g/mol. The summed E-state index contributed by atoms with van der Waals surface area (Å²) < 4.78 is 2.07. The summed E-state index contributed by atoms with van der Waals surface area (Å²) in [5, 5.41) is 6.47. The summed E-state index contributed by atoms with van der Waals surface area (Å²) in [5.74, 6) is 0. The zero-order chi connectivity index (χ0) is 13.8. The Morgan fingerprint density at radius 2 is 2.00 bits per heavy atom. The van der Waals surface area contributed by atoms with Crippen molar-refractivity contribution in [3.63, 3.8) is 0 Å². The van der Waals surface area contributed by atoms with Crippen LogP contribution in [-0.4, -0.2) is 15.1 Å². The third-order valence-corrected chi connectivity index (χ3v) is 5.25. The van der Waals surface area contributed by atoms with Crippen LogP contribution in [0.25, 0.3) is 0 Å².